The Morgan fingerprint density at radius 2 is 1.89 bits per heavy atom. The largest absolute Gasteiger partial charge is 0.353 e. The molecule has 0 heterocycles. The summed E-state index contributed by atoms with van der Waals surface area (Å²) in [5.74, 6) is 0.563. The molecule has 1 aromatic rings. The molecule has 0 radical (unpaired) electrons. The van der Waals surface area contributed by atoms with Crippen molar-refractivity contribution in [2.24, 2.45) is 5.92 Å². The van der Waals surface area contributed by atoms with Crippen LogP contribution in [0.1, 0.15) is 38.2 Å². The molecule has 19 heavy (non-hydrogen) atoms. The molecule has 1 saturated carbocycles. The van der Waals surface area contributed by atoms with Crippen LogP contribution in [-0.2, 0) is 11.2 Å². The van der Waals surface area contributed by atoms with Gasteiger partial charge in [0.25, 0.3) is 0 Å². The lowest BCUT2D eigenvalue weighted by Crippen LogP contribution is -2.41. The molecular weight excluding hydrogens is 281 g/mol. The molecule has 4 heteroatoms. The minimum atomic E-state index is 0.00810. The van der Waals surface area contributed by atoms with Crippen LogP contribution in [0.5, 0.6) is 0 Å². The zero-order chi connectivity index (χ0) is 13.8. The molecule has 1 N–H and O–H groups in total. The van der Waals surface area contributed by atoms with Gasteiger partial charge in [0.2, 0.25) is 5.91 Å². The van der Waals surface area contributed by atoms with Gasteiger partial charge in [-0.2, -0.15) is 0 Å². The number of carbonyl (C=O) groups is 1. The van der Waals surface area contributed by atoms with E-state index in [1.54, 1.807) is 18.2 Å². The lowest BCUT2D eigenvalue weighted by Gasteiger charge is -2.29. The van der Waals surface area contributed by atoms with E-state index >= 15 is 0 Å². The van der Waals surface area contributed by atoms with Crippen molar-refractivity contribution in [2.45, 2.75) is 45.1 Å². The molecule has 2 rings (SSSR count). The summed E-state index contributed by atoms with van der Waals surface area (Å²) in [6.07, 6.45) is 4.98. The van der Waals surface area contributed by atoms with E-state index < -0.39 is 0 Å². The van der Waals surface area contributed by atoms with Crippen molar-refractivity contribution in [3.63, 3.8) is 0 Å². The first-order chi connectivity index (χ1) is 9.08. The Bertz CT molecular complexity index is 441. The highest BCUT2D eigenvalue weighted by Gasteiger charge is 2.23. The summed E-state index contributed by atoms with van der Waals surface area (Å²) in [6.45, 7) is 2.20. The van der Waals surface area contributed by atoms with Crippen LogP contribution in [0.4, 0.5) is 0 Å². The second-order valence-electron chi connectivity index (χ2n) is 5.31. The fourth-order valence-electron chi connectivity index (χ4n) is 2.65. The van der Waals surface area contributed by atoms with Crippen molar-refractivity contribution in [3.8, 4) is 0 Å². The van der Waals surface area contributed by atoms with Crippen LogP contribution in [0.3, 0.4) is 0 Å². The molecule has 2 nitrogen and oxygen atoms in total. The van der Waals surface area contributed by atoms with Crippen molar-refractivity contribution in [3.05, 3.63) is 33.8 Å². The lowest BCUT2D eigenvalue weighted by molar-refractivity contribution is -0.121. The molecular formula is C15H19Cl2NO. The monoisotopic (exact) mass is 299 g/mol. The maximum atomic E-state index is 12.1. The maximum absolute atomic E-state index is 12.1. The Labute approximate surface area is 124 Å². The molecule has 104 valence electrons. The van der Waals surface area contributed by atoms with Gasteiger partial charge in [0.15, 0.2) is 0 Å². The molecule has 2 atom stereocenters. The van der Waals surface area contributed by atoms with Crippen LogP contribution in [0.25, 0.3) is 0 Å². The van der Waals surface area contributed by atoms with Crippen molar-refractivity contribution >= 4 is 29.1 Å². The van der Waals surface area contributed by atoms with Gasteiger partial charge in [-0.05, 0) is 36.5 Å². The summed E-state index contributed by atoms with van der Waals surface area (Å²) in [4.78, 5) is 12.1. The number of nitrogens with one attached hydrogen (secondary N) is 1. The Morgan fingerprint density at radius 3 is 2.53 bits per heavy atom. The topological polar surface area (TPSA) is 29.1 Å². The number of rotatable bonds is 3. The predicted molar refractivity (Wildman–Crippen MR) is 79.7 cm³/mol. The zero-order valence-corrected chi connectivity index (χ0v) is 12.6. The van der Waals surface area contributed by atoms with E-state index in [0.29, 0.717) is 27.6 Å². The average Bonchev–Trinajstić information content (AvgIpc) is 2.37. The maximum Gasteiger partial charge on any atom is 0.224 e. The molecule has 1 aliphatic rings. The first-order valence-electron chi connectivity index (χ1n) is 6.80. The molecule has 0 spiro atoms. The van der Waals surface area contributed by atoms with E-state index in [9.17, 15) is 4.79 Å². The highest BCUT2D eigenvalue weighted by atomic mass is 35.5. The van der Waals surface area contributed by atoms with Crippen molar-refractivity contribution in [2.75, 3.05) is 0 Å². The summed E-state index contributed by atoms with van der Waals surface area (Å²) in [5, 5.41) is 4.23. The van der Waals surface area contributed by atoms with Crippen LogP contribution in [0.2, 0.25) is 10.0 Å². The number of hydrogen-bond donors (Lipinski definition) is 1. The molecule has 0 aliphatic heterocycles. The molecule has 0 unspecified atom stereocenters. The molecule has 0 bridgehead atoms. The van der Waals surface area contributed by atoms with Crippen LogP contribution in [0, 0.1) is 5.92 Å². The smallest absolute Gasteiger partial charge is 0.224 e. The number of amides is 1. The Morgan fingerprint density at radius 1 is 1.26 bits per heavy atom. The van der Waals surface area contributed by atoms with Gasteiger partial charge in [0.1, 0.15) is 0 Å². The van der Waals surface area contributed by atoms with Gasteiger partial charge < -0.3 is 5.32 Å². The SMILES string of the molecule is C[C@@H]1CCCC[C@H]1NC(=O)Cc1c(Cl)cccc1Cl. The van der Waals surface area contributed by atoms with E-state index in [1.165, 1.54) is 19.3 Å². The number of halogens is 2. The summed E-state index contributed by atoms with van der Waals surface area (Å²) in [7, 11) is 0. The number of benzene rings is 1. The first-order valence-corrected chi connectivity index (χ1v) is 7.55. The Balaban J connectivity index is 1.97. The van der Waals surface area contributed by atoms with Crippen LogP contribution < -0.4 is 5.32 Å². The minimum Gasteiger partial charge on any atom is -0.353 e. The molecule has 1 fully saturated rings. The molecule has 1 amide bonds. The molecule has 1 aliphatic carbocycles. The normalized spacial score (nSPS) is 23.1. The van der Waals surface area contributed by atoms with Crippen LogP contribution >= 0.6 is 23.2 Å². The van der Waals surface area contributed by atoms with E-state index in [0.717, 1.165) is 6.42 Å². The highest BCUT2D eigenvalue weighted by molar-refractivity contribution is 6.36. The second kappa shape index (κ2) is 6.62. The summed E-state index contributed by atoms with van der Waals surface area (Å²) >= 11 is 12.2. The minimum absolute atomic E-state index is 0.00810. The lowest BCUT2D eigenvalue weighted by atomic mass is 9.86. The van der Waals surface area contributed by atoms with E-state index in [4.69, 9.17) is 23.2 Å². The van der Waals surface area contributed by atoms with Gasteiger partial charge >= 0.3 is 0 Å². The number of carbonyl (C=O) groups excluding carboxylic acids is 1. The highest BCUT2D eigenvalue weighted by Crippen LogP contribution is 2.26. The van der Waals surface area contributed by atoms with Crippen LogP contribution in [-0.4, -0.2) is 11.9 Å². The van der Waals surface area contributed by atoms with Gasteiger partial charge in [0, 0.05) is 16.1 Å². The first kappa shape index (κ1) is 14.7. The van der Waals surface area contributed by atoms with E-state index in [-0.39, 0.29) is 12.3 Å². The predicted octanol–water partition coefficient (Wildman–Crippen LogP) is 4.23. The van der Waals surface area contributed by atoms with Gasteiger partial charge in [-0.1, -0.05) is 49.0 Å². The van der Waals surface area contributed by atoms with Gasteiger partial charge in [-0.15, -0.1) is 0 Å². The third kappa shape index (κ3) is 3.87. The van der Waals surface area contributed by atoms with Crippen molar-refractivity contribution in [1.29, 1.82) is 0 Å². The summed E-state index contributed by atoms with van der Waals surface area (Å²) in [5.41, 5.74) is 0.715. The molecule has 0 aromatic heterocycles. The fraction of sp³-hybridized carbons (Fsp3) is 0.533. The van der Waals surface area contributed by atoms with Crippen LogP contribution in [0.15, 0.2) is 18.2 Å². The standard InChI is InChI=1S/C15H19Cl2NO/c1-10-5-2-3-8-14(10)18-15(19)9-11-12(16)6-4-7-13(11)17/h4,6-7,10,14H,2-3,5,8-9H2,1H3,(H,18,19)/t10-,14-/m1/s1. The van der Waals surface area contributed by atoms with Gasteiger partial charge in [-0.25, -0.2) is 0 Å². The average molecular weight is 300 g/mol. The molecule has 0 saturated heterocycles. The Kier molecular flexibility index (Phi) is 5.12. The van der Waals surface area contributed by atoms with Gasteiger partial charge in [-0.3, -0.25) is 4.79 Å². The molecule has 1 aromatic carbocycles. The zero-order valence-electron chi connectivity index (χ0n) is 11.1. The third-order valence-electron chi connectivity index (χ3n) is 3.86. The van der Waals surface area contributed by atoms with Gasteiger partial charge in [0.05, 0.1) is 6.42 Å². The quantitative estimate of drug-likeness (QED) is 0.889. The fourth-order valence-corrected chi connectivity index (χ4v) is 3.18. The van der Waals surface area contributed by atoms with E-state index in [1.807, 2.05) is 0 Å². The van der Waals surface area contributed by atoms with Crippen molar-refractivity contribution < 1.29 is 4.79 Å². The summed E-state index contributed by atoms with van der Waals surface area (Å²) < 4.78 is 0. The van der Waals surface area contributed by atoms with Crippen molar-refractivity contribution in [1.82, 2.24) is 5.32 Å². The number of hydrogen-bond acceptors (Lipinski definition) is 1. The Hall–Kier alpha value is -0.730. The van der Waals surface area contributed by atoms with E-state index in [2.05, 4.69) is 12.2 Å². The summed E-state index contributed by atoms with van der Waals surface area (Å²) in [6, 6.07) is 5.61. The third-order valence-corrected chi connectivity index (χ3v) is 4.57. The second-order valence-corrected chi connectivity index (χ2v) is 6.13.